The standard InChI is InChI=1S/C16H22O5/c1-6-12-9-14(17-4)15(18-5)10-13(12)21-11-16(19-7-2)20-8-3/h1,9-10,16H,7-8,11H2,2-5H3. The first-order valence-corrected chi connectivity index (χ1v) is 6.78. The maximum atomic E-state index is 5.71. The number of hydrogen-bond acceptors (Lipinski definition) is 5. The van der Waals surface area contributed by atoms with Gasteiger partial charge in [-0.1, -0.05) is 5.92 Å². The highest BCUT2D eigenvalue weighted by molar-refractivity contribution is 5.56. The van der Waals surface area contributed by atoms with Gasteiger partial charge in [0.2, 0.25) is 0 Å². The molecular formula is C16H22O5. The highest BCUT2D eigenvalue weighted by Crippen LogP contribution is 2.34. The van der Waals surface area contributed by atoms with Crippen LogP contribution in [0.1, 0.15) is 19.4 Å². The fourth-order valence-corrected chi connectivity index (χ4v) is 1.77. The minimum atomic E-state index is -0.432. The molecular weight excluding hydrogens is 272 g/mol. The van der Waals surface area contributed by atoms with Crippen molar-refractivity contribution in [3.05, 3.63) is 17.7 Å². The molecule has 0 radical (unpaired) electrons. The van der Waals surface area contributed by atoms with Gasteiger partial charge in [0.25, 0.3) is 0 Å². The fourth-order valence-electron chi connectivity index (χ4n) is 1.77. The molecule has 0 N–H and O–H groups in total. The van der Waals surface area contributed by atoms with Crippen molar-refractivity contribution in [3.8, 4) is 29.6 Å². The maximum absolute atomic E-state index is 5.71. The molecule has 0 saturated heterocycles. The van der Waals surface area contributed by atoms with Gasteiger partial charge >= 0.3 is 0 Å². The molecule has 0 amide bonds. The van der Waals surface area contributed by atoms with Crippen LogP contribution in [0.3, 0.4) is 0 Å². The van der Waals surface area contributed by atoms with Gasteiger partial charge in [-0.2, -0.15) is 0 Å². The van der Waals surface area contributed by atoms with Gasteiger partial charge in [0.05, 0.1) is 19.8 Å². The first-order chi connectivity index (χ1) is 10.2. The van der Waals surface area contributed by atoms with E-state index in [-0.39, 0.29) is 6.61 Å². The van der Waals surface area contributed by atoms with E-state index in [1.807, 2.05) is 13.8 Å². The van der Waals surface area contributed by atoms with Gasteiger partial charge in [0, 0.05) is 25.3 Å². The average Bonchev–Trinajstić information content (AvgIpc) is 2.52. The van der Waals surface area contributed by atoms with E-state index in [2.05, 4.69) is 5.92 Å². The number of ether oxygens (including phenoxy) is 5. The number of hydrogen-bond donors (Lipinski definition) is 0. The van der Waals surface area contributed by atoms with Gasteiger partial charge in [0.15, 0.2) is 17.8 Å². The summed E-state index contributed by atoms with van der Waals surface area (Å²) in [5.74, 6) is 4.21. The third kappa shape index (κ3) is 4.85. The lowest BCUT2D eigenvalue weighted by molar-refractivity contribution is -0.152. The maximum Gasteiger partial charge on any atom is 0.191 e. The van der Waals surface area contributed by atoms with Crippen LogP contribution in [-0.4, -0.2) is 40.3 Å². The second kappa shape index (κ2) is 9.11. The van der Waals surface area contributed by atoms with Crippen LogP contribution in [0.5, 0.6) is 17.2 Å². The summed E-state index contributed by atoms with van der Waals surface area (Å²) in [6.07, 6.45) is 5.07. The Morgan fingerprint density at radius 1 is 1.00 bits per heavy atom. The number of benzene rings is 1. The smallest absolute Gasteiger partial charge is 0.191 e. The second-order valence-electron chi connectivity index (χ2n) is 4.00. The lowest BCUT2D eigenvalue weighted by Gasteiger charge is -2.19. The Morgan fingerprint density at radius 3 is 2.05 bits per heavy atom. The van der Waals surface area contributed by atoms with Crippen molar-refractivity contribution in [1.29, 1.82) is 0 Å². The number of methoxy groups -OCH3 is 2. The molecule has 1 aromatic rings. The molecule has 5 nitrogen and oxygen atoms in total. The Labute approximate surface area is 126 Å². The summed E-state index contributed by atoms with van der Waals surface area (Å²) in [7, 11) is 3.11. The summed E-state index contributed by atoms with van der Waals surface area (Å²) in [5, 5.41) is 0. The van der Waals surface area contributed by atoms with Crippen molar-refractivity contribution in [2.75, 3.05) is 34.0 Å². The van der Waals surface area contributed by atoms with Gasteiger partial charge in [-0.3, -0.25) is 0 Å². The summed E-state index contributed by atoms with van der Waals surface area (Å²) in [6.45, 7) is 5.13. The van der Waals surface area contributed by atoms with Crippen LogP contribution in [0, 0.1) is 12.3 Å². The molecule has 1 rings (SSSR count). The minimum Gasteiger partial charge on any atom is -0.493 e. The Balaban J connectivity index is 2.88. The number of terminal acetylenes is 1. The second-order valence-corrected chi connectivity index (χ2v) is 4.00. The quantitative estimate of drug-likeness (QED) is 0.517. The molecule has 21 heavy (non-hydrogen) atoms. The molecule has 0 heterocycles. The zero-order chi connectivity index (χ0) is 15.7. The van der Waals surface area contributed by atoms with Crippen LogP contribution in [0.4, 0.5) is 0 Å². The molecule has 0 aromatic heterocycles. The van der Waals surface area contributed by atoms with Gasteiger partial charge in [0.1, 0.15) is 12.4 Å². The number of rotatable bonds is 9. The molecule has 0 aliphatic rings. The molecule has 0 spiro atoms. The predicted molar refractivity (Wildman–Crippen MR) is 80.0 cm³/mol. The minimum absolute atomic E-state index is 0.242. The van der Waals surface area contributed by atoms with Gasteiger partial charge in [-0.05, 0) is 13.8 Å². The van der Waals surface area contributed by atoms with E-state index in [0.29, 0.717) is 36.0 Å². The fraction of sp³-hybridized carbons (Fsp3) is 0.500. The van der Waals surface area contributed by atoms with E-state index in [1.54, 1.807) is 26.4 Å². The topological polar surface area (TPSA) is 46.2 Å². The summed E-state index contributed by atoms with van der Waals surface area (Å²) >= 11 is 0. The normalized spacial score (nSPS) is 10.3. The van der Waals surface area contributed by atoms with Gasteiger partial charge in [-0.15, -0.1) is 6.42 Å². The van der Waals surface area contributed by atoms with Gasteiger partial charge < -0.3 is 23.7 Å². The summed E-state index contributed by atoms with van der Waals surface area (Å²) in [4.78, 5) is 0. The lowest BCUT2D eigenvalue weighted by Crippen LogP contribution is -2.25. The van der Waals surface area contributed by atoms with Crippen LogP contribution in [0.25, 0.3) is 0 Å². The first kappa shape index (κ1) is 17.2. The van der Waals surface area contributed by atoms with Crippen LogP contribution in [-0.2, 0) is 9.47 Å². The molecule has 0 aliphatic heterocycles. The Bertz CT molecular complexity index is 472. The van der Waals surface area contributed by atoms with Crippen LogP contribution in [0.15, 0.2) is 12.1 Å². The Hall–Kier alpha value is -1.90. The van der Waals surface area contributed by atoms with Crippen LogP contribution in [0.2, 0.25) is 0 Å². The van der Waals surface area contributed by atoms with Crippen molar-refractivity contribution >= 4 is 0 Å². The first-order valence-electron chi connectivity index (χ1n) is 6.78. The third-order valence-corrected chi connectivity index (χ3v) is 2.72. The molecule has 116 valence electrons. The Morgan fingerprint density at radius 2 is 1.57 bits per heavy atom. The van der Waals surface area contributed by atoms with Crippen molar-refractivity contribution < 1.29 is 23.7 Å². The largest absolute Gasteiger partial charge is 0.493 e. The SMILES string of the molecule is C#Cc1cc(OC)c(OC)cc1OCC(OCC)OCC. The molecule has 0 fully saturated rings. The predicted octanol–water partition coefficient (Wildman–Crippen LogP) is 2.46. The summed E-state index contributed by atoms with van der Waals surface area (Å²) in [6, 6.07) is 3.40. The highest BCUT2D eigenvalue weighted by Gasteiger charge is 2.14. The summed E-state index contributed by atoms with van der Waals surface area (Å²) < 4.78 is 27.0. The van der Waals surface area contributed by atoms with Crippen molar-refractivity contribution in [2.24, 2.45) is 0 Å². The van der Waals surface area contributed by atoms with Gasteiger partial charge in [-0.25, -0.2) is 0 Å². The van der Waals surface area contributed by atoms with Crippen molar-refractivity contribution in [3.63, 3.8) is 0 Å². The third-order valence-electron chi connectivity index (χ3n) is 2.72. The summed E-state index contributed by atoms with van der Waals surface area (Å²) in [5.41, 5.74) is 0.583. The van der Waals surface area contributed by atoms with E-state index in [9.17, 15) is 0 Å². The molecule has 0 atom stereocenters. The molecule has 0 unspecified atom stereocenters. The molecule has 0 aliphatic carbocycles. The molecule has 1 aromatic carbocycles. The monoisotopic (exact) mass is 294 g/mol. The van der Waals surface area contributed by atoms with E-state index < -0.39 is 6.29 Å². The lowest BCUT2D eigenvalue weighted by atomic mass is 10.2. The van der Waals surface area contributed by atoms with Crippen molar-refractivity contribution in [1.82, 2.24) is 0 Å². The van der Waals surface area contributed by atoms with Crippen LogP contribution >= 0.6 is 0 Å². The van der Waals surface area contributed by atoms with E-state index in [1.165, 1.54) is 0 Å². The van der Waals surface area contributed by atoms with E-state index >= 15 is 0 Å². The molecule has 5 heteroatoms. The zero-order valence-corrected chi connectivity index (χ0v) is 13.0. The molecule has 0 bridgehead atoms. The van der Waals surface area contributed by atoms with E-state index in [0.717, 1.165) is 0 Å². The van der Waals surface area contributed by atoms with E-state index in [4.69, 9.17) is 30.1 Å². The zero-order valence-electron chi connectivity index (χ0n) is 13.0. The van der Waals surface area contributed by atoms with Crippen molar-refractivity contribution in [2.45, 2.75) is 20.1 Å². The average molecular weight is 294 g/mol. The highest BCUT2D eigenvalue weighted by atomic mass is 16.7. The van der Waals surface area contributed by atoms with Crippen LogP contribution < -0.4 is 14.2 Å². The Kier molecular flexibility index (Phi) is 7.44. The molecule has 0 saturated carbocycles.